The Bertz CT molecular complexity index is 750. The van der Waals surface area contributed by atoms with Crippen molar-refractivity contribution in [2.45, 2.75) is 57.5 Å². The van der Waals surface area contributed by atoms with Crippen molar-refractivity contribution in [1.82, 2.24) is 20.1 Å². The van der Waals surface area contributed by atoms with E-state index >= 15 is 0 Å². The van der Waals surface area contributed by atoms with Crippen LogP contribution < -0.4 is 11.1 Å². The van der Waals surface area contributed by atoms with Crippen LogP contribution in [-0.4, -0.2) is 32.8 Å². The Kier molecular flexibility index (Phi) is 5.13. The van der Waals surface area contributed by atoms with E-state index in [4.69, 9.17) is 5.73 Å². The topological polar surface area (TPSA) is 85.8 Å². The molecular formula is C18H24FN5O. The minimum Gasteiger partial charge on any atom is -0.347 e. The standard InChI is InChI=1S/C18H24FN5O/c1-11(2)17-22-16(18(25)21-14-8-6-13(20)7-9-14)23-24(17)15-5-3-4-12(19)10-15/h3-5,10-11,13-14H,6-9,20H2,1-2H3,(H,21,25). The highest BCUT2D eigenvalue weighted by Crippen LogP contribution is 2.20. The molecule has 1 aromatic heterocycles. The molecule has 0 atom stereocenters. The van der Waals surface area contributed by atoms with Gasteiger partial charge in [-0.15, -0.1) is 5.10 Å². The summed E-state index contributed by atoms with van der Waals surface area (Å²) in [6, 6.07) is 6.44. The largest absolute Gasteiger partial charge is 0.347 e. The molecule has 1 aliphatic carbocycles. The van der Waals surface area contributed by atoms with Crippen LogP contribution in [0.3, 0.4) is 0 Å². The molecule has 3 rings (SSSR count). The summed E-state index contributed by atoms with van der Waals surface area (Å²) in [5, 5.41) is 7.32. The summed E-state index contributed by atoms with van der Waals surface area (Å²) < 4.78 is 15.1. The van der Waals surface area contributed by atoms with Crippen LogP contribution in [0.1, 0.15) is 61.9 Å². The van der Waals surface area contributed by atoms with Crippen molar-refractivity contribution in [3.05, 3.63) is 41.7 Å². The lowest BCUT2D eigenvalue weighted by Gasteiger charge is -2.26. The van der Waals surface area contributed by atoms with Crippen LogP contribution in [0, 0.1) is 5.82 Å². The van der Waals surface area contributed by atoms with E-state index in [-0.39, 0.29) is 35.6 Å². The molecule has 25 heavy (non-hydrogen) atoms. The van der Waals surface area contributed by atoms with Gasteiger partial charge in [0.2, 0.25) is 5.82 Å². The van der Waals surface area contributed by atoms with Crippen molar-refractivity contribution >= 4 is 5.91 Å². The maximum atomic E-state index is 13.5. The first kappa shape index (κ1) is 17.5. The van der Waals surface area contributed by atoms with Gasteiger partial charge in [-0.1, -0.05) is 19.9 Å². The maximum Gasteiger partial charge on any atom is 0.291 e. The molecule has 0 radical (unpaired) electrons. The summed E-state index contributed by atoms with van der Waals surface area (Å²) in [5.74, 6) is 0.138. The smallest absolute Gasteiger partial charge is 0.291 e. The van der Waals surface area contributed by atoms with E-state index in [0.29, 0.717) is 11.5 Å². The highest BCUT2D eigenvalue weighted by molar-refractivity contribution is 5.90. The summed E-state index contributed by atoms with van der Waals surface area (Å²) in [5.41, 5.74) is 6.46. The fourth-order valence-corrected chi connectivity index (χ4v) is 3.11. The second-order valence-corrected chi connectivity index (χ2v) is 6.93. The number of hydrogen-bond donors (Lipinski definition) is 2. The Labute approximate surface area is 146 Å². The Morgan fingerprint density at radius 2 is 2.04 bits per heavy atom. The first-order chi connectivity index (χ1) is 11.9. The van der Waals surface area contributed by atoms with Gasteiger partial charge in [-0.25, -0.2) is 14.1 Å². The number of carbonyl (C=O) groups is 1. The molecule has 1 saturated carbocycles. The SMILES string of the molecule is CC(C)c1nc(C(=O)NC2CCC(N)CC2)nn1-c1cccc(F)c1. The number of nitrogens with zero attached hydrogens (tertiary/aromatic N) is 3. The van der Waals surface area contributed by atoms with Gasteiger partial charge in [0.1, 0.15) is 11.6 Å². The molecule has 2 aromatic rings. The minimum atomic E-state index is -0.354. The quantitative estimate of drug-likeness (QED) is 0.891. The average Bonchev–Trinajstić information content (AvgIpc) is 3.03. The van der Waals surface area contributed by atoms with Crippen LogP contribution in [0.4, 0.5) is 4.39 Å². The Morgan fingerprint density at radius 3 is 2.68 bits per heavy atom. The highest BCUT2D eigenvalue weighted by Gasteiger charge is 2.24. The van der Waals surface area contributed by atoms with Crippen molar-refractivity contribution in [1.29, 1.82) is 0 Å². The Morgan fingerprint density at radius 1 is 1.32 bits per heavy atom. The number of nitrogens with two attached hydrogens (primary N) is 1. The number of halogens is 1. The lowest BCUT2D eigenvalue weighted by atomic mass is 9.92. The van der Waals surface area contributed by atoms with Crippen LogP contribution in [0.25, 0.3) is 5.69 Å². The summed E-state index contributed by atoms with van der Waals surface area (Å²) in [4.78, 5) is 16.9. The third-order valence-corrected chi connectivity index (χ3v) is 4.51. The number of hydrogen-bond acceptors (Lipinski definition) is 4. The third-order valence-electron chi connectivity index (χ3n) is 4.51. The van der Waals surface area contributed by atoms with Crippen LogP contribution in [0.2, 0.25) is 0 Å². The predicted molar refractivity (Wildman–Crippen MR) is 93.1 cm³/mol. The lowest BCUT2D eigenvalue weighted by molar-refractivity contribution is 0.0915. The number of nitrogens with one attached hydrogen (secondary N) is 1. The van der Waals surface area contributed by atoms with Crippen LogP contribution in [0.5, 0.6) is 0 Å². The molecule has 1 aliphatic rings. The Balaban J connectivity index is 1.82. The van der Waals surface area contributed by atoms with Crippen LogP contribution in [0.15, 0.2) is 24.3 Å². The molecule has 0 bridgehead atoms. The number of amides is 1. The van der Waals surface area contributed by atoms with E-state index < -0.39 is 0 Å². The predicted octanol–water partition coefficient (Wildman–Crippen LogP) is 2.53. The molecule has 0 aliphatic heterocycles. The van der Waals surface area contributed by atoms with Crippen molar-refractivity contribution in [3.8, 4) is 5.69 Å². The van der Waals surface area contributed by atoms with Crippen molar-refractivity contribution in [2.75, 3.05) is 0 Å². The molecule has 0 unspecified atom stereocenters. The summed E-state index contributed by atoms with van der Waals surface area (Å²) in [6.07, 6.45) is 3.56. The summed E-state index contributed by atoms with van der Waals surface area (Å²) in [7, 11) is 0. The molecule has 3 N–H and O–H groups in total. The van der Waals surface area contributed by atoms with Gasteiger partial charge in [-0.2, -0.15) is 0 Å². The van der Waals surface area contributed by atoms with E-state index in [1.54, 1.807) is 16.8 Å². The van der Waals surface area contributed by atoms with Gasteiger partial charge in [0.05, 0.1) is 5.69 Å². The van der Waals surface area contributed by atoms with Crippen molar-refractivity contribution in [3.63, 3.8) is 0 Å². The van der Waals surface area contributed by atoms with Gasteiger partial charge in [-0.05, 0) is 43.9 Å². The maximum absolute atomic E-state index is 13.5. The zero-order valence-electron chi connectivity index (χ0n) is 14.6. The number of rotatable bonds is 4. The monoisotopic (exact) mass is 345 g/mol. The summed E-state index contributed by atoms with van der Waals surface area (Å²) in [6.45, 7) is 3.92. The molecule has 1 heterocycles. The van der Waals surface area contributed by atoms with Gasteiger partial charge in [-0.3, -0.25) is 4.79 Å². The number of carbonyl (C=O) groups excluding carboxylic acids is 1. The first-order valence-corrected chi connectivity index (χ1v) is 8.73. The first-order valence-electron chi connectivity index (χ1n) is 8.73. The molecule has 1 aromatic carbocycles. The third kappa shape index (κ3) is 4.04. The number of aromatic nitrogens is 3. The zero-order chi connectivity index (χ0) is 18.0. The second-order valence-electron chi connectivity index (χ2n) is 6.93. The fraction of sp³-hybridized carbons (Fsp3) is 0.500. The van der Waals surface area contributed by atoms with Gasteiger partial charge >= 0.3 is 0 Å². The normalized spacial score (nSPS) is 20.7. The lowest BCUT2D eigenvalue weighted by Crippen LogP contribution is -2.40. The van der Waals surface area contributed by atoms with E-state index in [0.717, 1.165) is 25.7 Å². The molecular weight excluding hydrogens is 321 g/mol. The zero-order valence-corrected chi connectivity index (χ0v) is 14.6. The molecule has 0 spiro atoms. The molecule has 6 nitrogen and oxygen atoms in total. The van der Waals surface area contributed by atoms with Gasteiger partial charge in [0, 0.05) is 18.0 Å². The van der Waals surface area contributed by atoms with Crippen molar-refractivity contribution in [2.24, 2.45) is 5.73 Å². The summed E-state index contributed by atoms with van der Waals surface area (Å²) >= 11 is 0. The Hall–Kier alpha value is -2.28. The van der Waals surface area contributed by atoms with Gasteiger partial charge in [0.25, 0.3) is 5.91 Å². The highest BCUT2D eigenvalue weighted by atomic mass is 19.1. The molecule has 134 valence electrons. The average molecular weight is 345 g/mol. The van der Waals surface area contributed by atoms with Gasteiger partial charge in [0.15, 0.2) is 0 Å². The minimum absolute atomic E-state index is 0.0463. The van der Waals surface area contributed by atoms with E-state index in [1.807, 2.05) is 13.8 Å². The van der Waals surface area contributed by atoms with E-state index in [1.165, 1.54) is 12.1 Å². The van der Waals surface area contributed by atoms with E-state index in [9.17, 15) is 9.18 Å². The van der Waals surface area contributed by atoms with Gasteiger partial charge < -0.3 is 11.1 Å². The van der Waals surface area contributed by atoms with E-state index in [2.05, 4.69) is 15.4 Å². The fourth-order valence-electron chi connectivity index (χ4n) is 3.11. The molecule has 0 saturated heterocycles. The van der Waals surface area contributed by atoms with Crippen LogP contribution in [-0.2, 0) is 0 Å². The number of benzene rings is 1. The molecule has 7 heteroatoms. The van der Waals surface area contributed by atoms with Crippen molar-refractivity contribution < 1.29 is 9.18 Å². The van der Waals surface area contributed by atoms with Crippen LogP contribution >= 0.6 is 0 Å². The second kappa shape index (κ2) is 7.31. The molecule has 1 amide bonds. The molecule has 1 fully saturated rings.